The van der Waals surface area contributed by atoms with Gasteiger partial charge < -0.3 is 30.4 Å². The minimum Gasteiger partial charge on any atom is -0.820 e. The molecule has 0 unspecified atom stereocenters. The number of aliphatic hydroxyl groups excluding tert-OH is 2. The van der Waals surface area contributed by atoms with Crippen molar-refractivity contribution >= 4 is 57.3 Å². The van der Waals surface area contributed by atoms with Crippen LogP contribution >= 0.6 is 0 Å². The second-order valence-electron chi connectivity index (χ2n) is 15.3. The molecule has 0 saturated carbocycles. The van der Waals surface area contributed by atoms with Crippen molar-refractivity contribution < 1.29 is 20.4 Å². The molecule has 258 valence electrons. The van der Waals surface area contributed by atoms with E-state index in [4.69, 9.17) is 0 Å². The van der Waals surface area contributed by atoms with Crippen molar-refractivity contribution in [3.8, 4) is 11.5 Å². The number of rotatable bonds is 12. The van der Waals surface area contributed by atoms with Crippen LogP contribution in [0.3, 0.4) is 0 Å². The van der Waals surface area contributed by atoms with Crippen LogP contribution in [0.25, 0.3) is 57.3 Å². The second kappa shape index (κ2) is 13.3. The highest BCUT2D eigenvalue weighted by molar-refractivity contribution is 5.95. The molecule has 2 aromatic heterocycles. The number of fused-ring (bicyclic) bond motifs is 6. The van der Waals surface area contributed by atoms with Gasteiger partial charge in [0.2, 0.25) is 0 Å². The van der Waals surface area contributed by atoms with Gasteiger partial charge in [-0.15, -0.1) is 0 Å². The van der Waals surface area contributed by atoms with Crippen molar-refractivity contribution in [3.63, 3.8) is 0 Å². The predicted molar refractivity (Wildman–Crippen MR) is 202 cm³/mol. The van der Waals surface area contributed by atoms with Crippen molar-refractivity contribution in [2.24, 2.45) is 10.8 Å². The lowest BCUT2D eigenvalue weighted by atomic mass is 9.72. The molecule has 0 atom stereocenters. The van der Waals surface area contributed by atoms with Crippen LogP contribution in [-0.4, -0.2) is 33.4 Å². The van der Waals surface area contributed by atoms with Gasteiger partial charge >= 0.3 is 0 Å². The lowest BCUT2D eigenvalue weighted by Gasteiger charge is -2.30. The maximum absolute atomic E-state index is 14.1. The van der Waals surface area contributed by atoms with E-state index in [-0.39, 0.29) is 35.8 Å². The van der Waals surface area contributed by atoms with Crippen LogP contribution in [0.2, 0.25) is 0 Å². The van der Waals surface area contributed by atoms with E-state index < -0.39 is 10.8 Å². The van der Waals surface area contributed by atoms with Crippen LogP contribution in [0.4, 0.5) is 0 Å². The maximum atomic E-state index is 14.1. The van der Waals surface area contributed by atoms with E-state index in [1.54, 1.807) is 0 Å². The molecule has 0 bridgehead atoms. The predicted octanol–water partition coefficient (Wildman–Crippen LogP) is 5.45. The molecule has 6 nitrogen and oxygen atoms in total. The van der Waals surface area contributed by atoms with Crippen molar-refractivity contribution in [1.82, 2.24) is 9.97 Å². The van der Waals surface area contributed by atoms with Gasteiger partial charge in [-0.2, -0.15) is 0 Å². The Labute approximate surface area is 293 Å². The number of aromatic amines is 2. The van der Waals surface area contributed by atoms with E-state index in [0.717, 1.165) is 117 Å². The zero-order valence-corrected chi connectivity index (χ0v) is 29.7. The molecule has 2 aliphatic rings. The van der Waals surface area contributed by atoms with Crippen LogP contribution in [-0.2, 0) is 0 Å². The number of unbranched alkanes of at least 4 members (excludes halogenated alkanes) is 4. The highest BCUT2D eigenvalue weighted by atomic mass is 16.3. The third-order valence-corrected chi connectivity index (χ3v) is 10.8. The molecule has 2 heterocycles. The number of aliphatic hydroxyl groups is 2. The van der Waals surface area contributed by atoms with Gasteiger partial charge in [-0.05, 0) is 82.2 Å². The van der Waals surface area contributed by atoms with Gasteiger partial charge in [-0.3, -0.25) is 0 Å². The highest BCUT2D eigenvalue weighted by Crippen LogP contribution is 2.48. The molecule has 2 aliphatic carbocycles. The molecular formula is C44H48N2O4. The quantitative estimate of drug-likeness (QED) is 0.105. The van der Waals surface area contributed by atoms with Crippen LogP contribution < -0.4 is 31.3 Å². The molecule has 7 rings (SSSR count). The van der Waals surface area contributed by atoms with Crippen LogP contribution in [0.5, 0.6) is 11.5 Å². The number of hydrogen-bond donors (Lipinski definition) is 4. The summed E-state index contributed by atoms with van der Waals surface area (Å²) >= 11 is 0. The molecular weight excluding hydrogens is 620 g/mol. The van der Waals surface area contributed by atoms with Gasteiger partial charge in [0.1, 0.15) is 5.56 Å². The first kappa shape index (κ1) is 34.0. The Morgan fingerprint density at radius 2 is 1.16 bits per heavy atom. The van der Waals surface area contributed by atoms with Gasteiger partial charge in [-0.25, -0.2) is 0 Å². The minimum absolute atomic E-state index is 0.169. The topological polar surface area (TPSA) is 118 Å². The lowest BCUT2D eigenvalue weighted by molar-refractivity contribution is -0.293. The summed E-state index contributed by atoms with van der Waals surface area (Å²) in [5.41, 5.74) is 6.15. The van der Waals surface area contributed by atoms with Gasteiger partial charge in [0, 0.05) is 72.7 Å². The van der Waals surface area contributed by atoms with E-state index in [2.05, 4.69) is 74.1 Å². The van der Waals surface area contributed by atoms with Gasteiger partial charge in [0.15, 0.2) is 5.56 Å². The van der Waals surface area contributed by atoms with Crippen molar-refractivity contribution in [2.75, 3.05) is 13.2 Å². The summed E-state index contributed by atoms with van der Waals surface area (Å²) < 4.78 is 0. The van der Waals surface area contributed by atoms with Crippen LogP contribution in [0.15, 0.2) is 59.7 Å². The number of hydrogen-bond acceptors (Lipinski definition) is 4. The van der Waals surface area contributed by atoms with Crippen LogP contribution in [0, 0.1) is 10.8 Å². The standard InChI is InChI=1S/C44H48N2O4/c1-43(2)25-37-39(29-17-9-11-19-35(29)45-37)27(15-7-5-13-21-47)33(43)23-31-41(49)32(42(31)50)24-34-28(16-8-6-14-22-48)40-30-18-10-12-20-36(30)46-38(40)26-44(34,3)4/h9-12,17-20,23-26,45-48H,5-8,13-16,21-22H2,1-4H3. The normalized spacial score (nSPS) is 18.2. The fourth-order valence-corrected chi connectivity index (χ4v) is 8.35. The summed E-state index contributed by atoms with van der Waals surface area (Å²) in [5.74, 6) is -0.398. The Morgan fingerprint density at radius 3 is 1.66 bits per heavy atom. The second-order valence-corrected chi connectivity index (χ2v) is 15.3. The molecule has 3 aromatic carbocycles. The Hall–Kier alpha value is -4.52. The number of nitrogens with one attached hydrogen (secondary N) is 2. The summed E-state index contributed by atoms with van der Waals surface area (Å²) in [5, 5.41) is 53.8. The molecule has 5 aromatic rings. The smallest absolute Gasteiger partial charge is 0.152 e. The number of para-hydroxylation sites is 2. The molecule has 0 fully saturated rings. The fraction of sp³-hybridized carbons (Fsp3) is 0.364. The SMILES string of the molecule is CC1(C)C=c2[nH]c3ccccc3c2=C(CCCCCO)C1=Cc1c([O-])[c+](C=C2C(CCCCCO)=c3c([nH]c4ccccc34)=CC2(C)C)[c+]1[O-]. The lowest BCUT2D eigenvalue weighted by Crippen LogP contribution is -2.36. The summed E-state index contributed by atoms with van der Waals surface area (Å²) in [4.78, 5) is 7.22. The monoisotopic (exact) mass is 668 g/mol. The minimum atomic E-state index is -0.413. The molecule has 6 heteroatoms. The first-order valence-electron chi connectivity index (χ1n) is 18.2. The average molecular weight is 669 g/mol. The maximum Gasteiger partial charge on any atom is 0.152 e. The average Bonchev–Trinajstić information content (AvgIpc) is 3.63. The third kappa shape index (κ3) is 5.88. The molecule has 0 amide bonds. The molecule has 0 spiro atoms. The Morgan fingerprint density at radius 1 is 0.680 bits per heavy atom. The molecule has 0 aliphatic heterocycles. The first-order chi connectivity index (χ1) is 24.1. The zero-order valence-electron chi connectivity index (χ0n) is 29.7. The largest absolute Gasteiger partial charge is 0.820 e. The van der Waals surface area contributed by atoms with Gasteiger partial charge in [0.05, 0.1) is 34.6 Å². The van der Waals surface area contributed by atoms with Gasteiger partial charge in [-0.1, -0.05) is 63.1 Å². The van der Waals surface area contributed by atoms with E-state index in [0.29, 0.717) is 0 Å². The fourth-order valence-electron chi connectivity index (χ4n) is 8.35. The molecule has 0 saturated heterocycles. The van der Waals surface area contributed by atoms with E-state index in [1.807, 2.05) is 36.4 Å². The van der Waals surface area contributed by atoms with Crippen LogP contribution in [0.1, 0.15) is 90.2 Å². The zero-order chi connectivity index (χ0) is 35.2. The Kier molecular flexibility index (Phi) is 9.04. The highest BCUT2D eigenvalue weighted by Gasteiger charge is 2.37. The first-order valence-corrected chi connectivity index (χ1v) is 18.2. The molecule has 50 heavy (non-hydrogen) atoms. The number of H-pyrrole nitrogens is 2. The summed E-state index contributed by atoms with van der Waals surface area (Å²) in [6, 6.07) is 16.6. The van der Waals surface area contributed by atoms with Crippen molar-refractivity contribution in [3.05, 3.63) is 91.9 Å². The summed E-state index contributed by atoms with van der Waals surface area (Å²) in [7, 11) is 0. The number of allylic oxidation sites excluding steroid dienone is 2. The summed E-state index contributed by atoms with van der Waals surface area (Å²) in [6.45, 7) is 8.95. The Bertz CT molecular complexity index is 2200. The summed E-state index contributed by atoms with van der Waals surface area (Å²) in [6.07, 6.45) is 14.9. The number of benzene rings is 2. The third-order valence-electron chi connectivity index (χ3n) is 10.8. The Balaban J connectivity index is 1.36. The van der Waals surface area contributed by atoms with Gasteiger partial charge in [0.25, 0.3) is 0 Å². The van der Waals surface area contributed by atoms with E-state index >= 15 is 0 Å². The molecule has 0 radical (unpaired) electrons. The van der Waals surface area contributed by atoms with E-state index in [1.165, 1.54) is 0 Å². The van der Waals surface area contributed by atoms with E-state index in [9.17, 15) is 20.4 Å². The van der Waals surface area contributed by atoms with Crippen molar-refractivity contribution in [2.45, 2.75) is 79.1 Å². The molecule has 4 N–H and O–H groups in total. The number of aromatic nitrogens is 2. The van der Waals surface area contributed by atoms with Crippen molar-refractivity contribution in [1.29, 1.82) is 0 Å².